The third-order valence-corrected chi connectivity index (χ3v) is 5.68. The molecular formula is C19H17FN4O2S. The SMILES string of the molecule is C=CCn1cnc2sc3c(c2c1=O)CCN(C(=O)Nc1ccccc1F)C3. The normalized spacial score (nSPS) is 13.4. The summed E-state index contributed by atoms with van der Waals surface area (Å²) in [5, 5.41) is 3.24. The van der Waals surface area contributed by atoms with E-state index < -0.39 is 5.82 Å². The summed E-state index contributed by atoms with van der Waals surface area (Å²) >= 11 is 1.43. The van der Waals surface area contributed by atoms with Crippen LogP contribution >= 0.6 is 11.3 Å². The number of carbonyl (C=O) groups is 1. The Morgan fingerprint density at radius 2 is 2.22 bits per heavy atom. The van der Waals surface area contributed by atoms with Crippen molar-refractivity contribution in [2.75, 3.05) is 11.9 Å². The molecule has 2 aromatic heterocycles. The van der Waals surface area contributed by atoms with Gasteiger partial charge in [-0.15, -0.1) is 17.9 Å². The highest BCUT2D eigenvalue weighted by Crippen LogP contribution is 2.32. The zero-order valence-electron chi connectivity index (χ0n) is 14.4. The molecule has 4 rings (SSSR count). The van der Waals surface area contributed by atoms with Crippen molar-refractivity contribution in [1.82, 2.24) is 14.5 Å². The average molecular weight is 384 g/mol. The predicted octanol–water partition coefficient (Wildman–Crippen LogP) is 3.37. The molecule has 0 radical (unpaired) electrons. The third kappa shape index (κ3) is 3.12. The Morgan fingerprint density at radius 3 is 3.00 bits per heavy atom. The zero-order chi connectivity index (χ0) is 19.0. The van der Waals surface area contributed by atoms with Crippen LogP contribution < -0.4 is 10.9 Å². The second kappa shape index (κ2) is 6.96. The van der Waals surface area contributed by atoms with Gasteiger partial charge in [0.1, 0.15) is 10.6 Å². The average Bonchev–Trinajstić information content (AvgIpc) is 3.04. The molecule has 138 valence electrons. The number of rotatable bonds is 3. The van der Waals surface area contributed by atoms with E-state index in [-0.39, 0.29) is 17.3 Å². The maximum atomic E-state index is 13.8. The van der Waals surface area contributed by atoms with Crippen LogP contribution in [0.1, 0.15) is 10.4 Å². The highest BCUT2D eigenvalue weighted by atomic mass is 32.1. The molecule has 0 bridgehead atoms. The molecule has 1 aromatic carbocycles. The Bertz CT molecular complexity index is 1100. The number of nitrogens with zero attached hydrogens (tertiary/aromatic N) is 3. The Labute approximate surface area is 158 Å². The minimum atomic E-state index is -0.475. The third-order valence-electron chi connectivity index (χ3n) is 4.56. The van der Waals surface area contributed by atoms with E-state index in [0.29, 0.717) is 36.3 Å². The first-order chi connectivity index (χ1) is 13.1. The standard InChI is InChI=1S/C19H17FN4O2S/c1-2-8-24-11-21-17-16(18(24)25)12-7-9-23(10-15(12)27-17)19(26)22-14-6-4-3-5-13(14)20/h2-6,11H,1,7-10H2,(H,22,26). The summed E-state index contributed by atoms with van der Waals surface area (Å²) in [6.45, 7) is 4.89. The van der Waals surface area contributed by atoms with Crippen LogP contribution in [0.4, 0.5) is 14.9 Å². The number of amides is 2. The molecule has 0 fully saturated rings. The molecule has 3 heterocycles. The number of benzene rings is 1. The van der Waals surface area contributed by atoms with Crippen molar-refractivity contribution >= 4 is 33.3 Å². The summed E-state index contributed by atoms with van der Waals surface area (Å²) in [7, 11) is 0. The molecule has 0 saturated carbocycles. The van der Waals surface area contributed by atoms with E-state index in [1.165, 1.54) is 34.4 Å². The van der Waals surface area contributed by atoms with Gasteiger partial charge in [0.2, 0.25) is 0 Å². The largest absolute Gasteiger partial charge is 0.322 e. The first-order valence-electron chi connectivity index (χ1n) is 8.49. The smallest absolute Gasteiger partial charge is 0.319 e. The number of hydrogen-bond acceptors (Lipinski definition) is 4. The van der Waals surface area contributed by atoms with Gasteiger partial charge in [-0.25, -0.2) is 14.2 Å². The van der Waals surface area contributed by atoms with Gasteiger partial charge in [-0.2, -0.15) is 0 Å². The van der Waals surface area contributed by atoms with E-state index in [4.69, 9.17) is 0 Å². The van der Waals surface area contributed by atoms with Gasteiger partial charge in [-0.3, -0.25) is 9.36 Å². The van der Waals surface area contributed by atoms with Crippen LogP contribution in [-0.2, 0) is 19.5 Å². The van der Waals surface area contributed by atoms with Gasteiger partial charge in [0, 0.05) is 18.0 Å². The number of fused-ring (bicyclic) bond motifs is 3. The van der Waals surface area contributed by atoms with Gasteiger partial charge in [0.15, 0.2) is 0 Å². The highest BCUT2D eigenvalue weighted by molar-refractivity contribution is 7.18. The summed E-state index contributed by atoms with van der Waals surface area (Å²) in [6, 6.07) is 5.70. The molecule has 1 N–H and O–H groups in total. The van der Waals surface area contributed by atoms with Gasteiger partial charge < -0.3 is 10.2 Å². The molecule has 8 heteroatoms. The molecule has 6 nitrogen and oxygen atoms in total. The fraction of sp³-hybridized carbons (Fsp3) is 0.211. The summed E-state index contributed by atoms with van der Waals surface area (Å²) in [4.78, 5) is 32.8. The molecule has 27 heavy (non-hydrogen) atoms. The highest BCUT2D eigenvalue weighted by Gasteiger charge is 2.26. The van der Waals surface area contributed by atoms with Gasteiger partial charge >= 0.3 is 6.03 Å². The van der Waals surface area contributed by atoms with Crippen molar-refractivity contribution in [3.8, 4) is 0 Å². The second-order valence-corrected chi connectivity index (χ2v) is 7.34. The number of para-hydroxylation sites is 1. The van der Waals surface area contributed by atoms with E-state index in [0.717, 1.165) is 10.4 Å². The maximum absolute atomic E-state index is 13.8. The fourth-order valence-corrected chi connectivity index (χ4v) is 4.41. The van der Waals surface area contributed by atoms with E-state index in [1.54, 1.807) is 23.1 Å². The Morgan fingerprint density at radius 1 is 1.41 bits per heavy atom. The molecule has 1 aliphatic rings. The number of halogens is 1. The van der Waals surface area contributed by atoms with Gasteiger partial charge in [-0.1, -0.05) is 18.2 Å². The monoisotopic (exact) mass is 384 g/mol. The first-order valence-corrected chi connectivity index (χ1v) is 9.31. The topological polar surface area (TPSA) is 67.2 Å². The van der Waals surface area contributed by atoms with Crippen LogP contribution in [-0.4, -0.2) is 27.0 Å². The number of aromatic nitrogens is 2. The summed E-state index contributed by atoms with van der Waals surface area (Å²) < 4.78 is 15.3. The van der Waals surface area contributed by atoms with Gasteiger partial charge in [0.25, 0.3) is 5.56 Å². The summed E-state index contributed by atoms with van der Waals surface area (Å²) in [5.74, 6) is -0.475. The lowest BCUT2D eigenvalue weighted by molar-refractivity contribution is 0.207. The number of nitrogens with one attached hydrogen (secondary N) is 1. The number of urea groups is 1. The number of anilines is 1. The molecular weight excluding hydrogens is 367 g/mol. The summed E-state index contributed by atoms with van der Waals surface area (Å²) in [6.07, 6.45) is 3.74. The molecule has 0 spiro atoms. The molecule has 0 atom stereocenters. The zero-order valence-corrected chi connectivity index (χ0v) is 15.3. The van der Waals surface area contributed by atoms with Gasteiger partial charge in [0.05, 0.1) is 23.9 Å². The number of carbonyl (C=O) groups excluding carboxylic acids is 1. The summed E-state index contributed by atoms with van der Waals surface area (Å²) in [5.41, 5.74) is 1.03. The van der Waals surface area contributed by atoms with Crippen molar-refractivity contribution in [1.29, 1.82) is 0 Å². The van der Waals surface area contributed by atoms with E-state index in [1.807, 2.05) is 0 Å². The molecule has 0 aliphatic carbocycles. The lowest BCUT2D eigenvalue weighted by Crippen LogP contribution is -2.38. The van der Waals surface area contributed by atoms with Crippen molar-refractivity contribution in [3.63, 3.8) is 0 Å². The van der Waals surface area contributed by atoms with Crippen LogP contribution in [0.3, 0.4) is 0 Å². The van der Waals surface area contributed by atoms with Crippen LogP contribution in [0.25, 0.3) is 10.2 Å². The van der Waals surface area contributed by atoms with Crippen molar-refractivity contribution in [3.05, 3.63) is 69.9 Å². The van der Waals surface area contributed by atoms with Crippen LogP contribution in [0, 0.1) is 5.82 Å². The molecule has 0 unspecified atom stereocenters. The Kier molecular flexibility index (Phi) is 4.49. The predicted molar refractivity (Wildman–Crippen MR) is 104 cm³/mol. The van der Waals surface area contributed by atoms with Crippen LogP contribution in [0.5, 0.6) is 0 Å². The maximum Gasteiger partial charge on any atom is 0.322 e. The van der Waals surface area contributed by atoms with Crippen LogP contribution in [0.2, 0.25) is 0 Å². The fourth-order valence-electron chi connectivity index (χ4n) is 3.22. The van der Waals surface area contributed by atoms with Crippen molar-refractivity contribution in [2.45, 2.75) is 19.5 Å². The van der Waals surface area contributed by atoms with E-state index in [2.05, 4.69) is 16.9 Å². The Hall–Kier alpha value is -3.00. The van der Waals surface area contributed by atoms with Gasteiger partial charge in [-0.05, 0) is 24.1 Å². The van der Waals surface area contributed by atoms with Crippen molar-refractivity contribution in [2.24, 2.45) is 0 Å². The molecule has 3 aromatic rings. The number of thiophene rings is 1. The number of allylic oxidation sites excluding steroid dienone is 1. The minimum absolute atomic E-state index is 0.0818. The lowest BCUT2D eigenvalue weighted by atomic mass is 10.1. The molecule has 0 saturated heterocycles. The molecule has 2 amide bonds. The second-order valence-electron chi connectivity index (χ2n) is 6.26. The quantitative estimate of drug-likeness (QED) is 0.704. The number of hydrogen-bond donors (Lipinski definition) is 1. The van der Waals surface area contributed by atoms with Crippen molar-refractivity contribution < 1.29 is 9.18 Å². The van der Waals surface area contributed by atoms with E-state index >= 15 is 0 Å². The Balaban J connectivity index is 1.61. The van der Waals surface area contributed by atoms with E-state index in [9.17, 15) is 14.0 Å². The first kappa shape index (κ1) is 17.4. The molecule has 1 aliphatic heterocycles. The lowest BCUT2D eigenvalue weighted by Gasteiger charge is -2.27. The minimum Gasteiger partial charge on any atom is -0.319 e. The van der Waals surface area contributed by atoms with Crippen LogP contribution in [0.15, 0.2) is 48.0 Å².